The summed E-state index contributed by atoms with van der Waals surface area (Å²) >= 11 is 0. The number of rotatable bonds is 4. The minimum Gasteiger partial charge on any atom is -0.462 e. The zero-order valence-electron chi connectivity index (χ0n) is 14.8. The van der Waals surface area contributed by atoms with Gasteiger partial charge in [-0.15, -0.1) is 0 Å². The zero-order chi connectivity index (χ0) is 22.9. The van der Waals surface area contributed by atoms with Gasteiger partial charge in [0.05, 0.1) is 13.7 Å². The topological polar surface area (TPSA) is 89.9 Å². The van der Waals surface area contributed by atoms with Crippen molar-refractivity contribution in [2.45, 2.75) is 50.7 Å². The Morgan fingerprint density at radius 3 is 1.33 bits per heavy atom. The highest BCUT2D eigenvalue weighted by molar-refractivity contribution is 7.87. The Morgan fingerprint density at radius 1 is 0.889 bits per heavy atom. The van der Waals surface area contributed by atoms with Gasteiger partial charge in [-0.1, -0.05) is 0 Å². The number of halogens is 8. The fourth-order valence-corrected chi connectivity index (χ4v) is 0.969. The second-order valence-electron chi connectivity index (χ2n) is 5.75. The summed E-state index contributed by atoms with van der Waals surface area (Å²) in [5, 5.41) is 8.03. The molecule has 0 rings (SSSR count). The van der Waals surface area contributed by atoms with Crippen LogP contribution in [-0.4, -0.2) is 62.8 Å². The maximum atomic E-state index is 12.6. The summed E-state index contributed by atoms with van der Waals surface area (Å²) in [5.74, 6) is -2.17. The third kappa shape index (κ3) is 19.3. The molecule has 0 saturated carbocycles. The van der Waals surface area contributed by atoms with Crippen LogP contribution in [0, 0.1) is 0 Å². The zero-order valence-corrected chi connectivity index (χ0v) is 15.7. The fraction of sp³-hybridized carbons (Fsp3) is 0.917. The highest BCUT2D eigenvalue weighted by atomic mass is 32.2. The van der Waals surface area contributed by atoms with Gasteiger partial charge in [0.2, 0.25) is 0 Å². The number of esters is 1. The molecule has 0 aliphatic heterocycles. The van der Waals surface area contributed by atoms with Crippen LogP contribution in [0.5, 0.6) is 0 Å². The molecule has 0 spiro atoms. The lowest BCUT2D eigenvalue weighted by atomic mass is 10.2. The van der Waals surface area contributed by atoms with Crippen LogP contribution in [-0.2, 0) is 23.8 Å². The number of carbonyl (C=O) groups excluding carboxylic acids is 1. The van der Waals surface area contributed by atoms with Crippen LogP contribution in [0.4, 0.5) is 35.1 Å². The number of carbonyl (C=O) groups is 1. The number of aliphatic hydroxyl groups excluding tert-OH is 1. The van der Waals surface area contributed by atoms with Crippen molar-refractivity contribution in [3.8, 4) is 0 Å². The molecule has 0 bridgehead atoms. The molecule has 0 aromatic rings. The van der Waals surface area contributed by atoms with E-state index in [0.717, 1.165) is 13.8 Å². The van der Waals surface area contributed by atoms with Gasteiger partial charge in [0, 0.05) is 0 Å². The average Bonchev–Trinajstić information content (AvgIpc) is 2.42. The van der Waals surface area contributed by atoms with Gasteiger partial charge in [0.1, 0.15) is 17.9 Å². The molecule has 0 unspecified atom stereocenters. The Balaban J connectivity index is -0.000000351. The van der Waals surface area contributed by atoms with E-state index in [-0.39, 0.29) is 0 Å². The molecule has 27 heavy (non-hydrogen) atoms. The van der Waals surface area contributed by atoms with Crippen LogP contribution in [0.1, 0.15) is 27.7 Å². The van der Waals surface area contributed by atoms with Crippen molar-refractivity contribution in [3.63, 3.8) is 0 Å². The second-order valence-corrected chi connectivity index (χ2v) is 7.35. The largest absolute Gasteiger partial charge is 0.523 e. The van der Waals surface area contributed by atoms with Gasteiger partial charge in [-0.3, -0.25) is 4.18 Å². The first kappa shape index (κ1) is 30.5. The Labute approximate surface area is 150 Å². The van der Waals surface area contributed by atoms with Crippen molar-refractivity contribution >= 4 is 16.1 Å². The van der Waals surface area contributed by atoms with E-state index < -0.39 is 52.3 Å². The maximum Gasteiger partial charge on any atom is 0.523 e. The minimum atomic E-state index is -5.67. The first-order valence-corrected chi connectivity index (χ1v) is 8.00. The first-order chi connectivity index (χ1) is 11.5. The molecule has 0 heterocycles. The van der Waals surface area contributed by atoms with Crippen LogP contribution in [0.2, 0.25) is 0 Å². The number of hydrogen-bond acceptors (Lipinski definition) is 6. The minimum absolute atomic E-state index is 0.396. The second kappa shape index (κ2) is 10.9. The van der Waals surface area contributed by atoms with E-state index in [2.05, 4.69) is 8.92 Å². The Kier molecular flexibility index (Phi) is 12.4. The smallest absolute Gasteiger partial charge is 0.462 e. The Morgan fingerprint density at radius 2 is 1.22 bits per heavy atom. The number of aliphatic hydroxyl groups is 1. The average molecular weight is 444 g/mol. The van der Waals surface area contributed by atoms with Gasteiger partial charge >= 0.3 is 27.8 Å². The summed E-state index contributed by atoms with van der Waals surface area (Å²) in [6.07, 6.45) is -4.85. The van der Waals surface area contributed by atoms with Crippen LogP contribution in [0.25, 0.3) is 0 Å². The lowest BCUT2D eigenvalue weighted by Gasteiger charge is -2.14. The number of alkyl halides is 8. The van der Waals surface area contributed by atoms with Crippen LogP contribution in [0.3, 0.4) is 0 Å². The van der Waals surface area contributed by atoms with Crippen LogP contribution >= 0.6 is 0 Å². The highest BCUT2D eigenvalue weighted by Crippen LogP contribution is 2.25. The predicted octanol–water partition coefficient (Wildman–Crippen LogP) is 3.05. The van der Waals surface area contributed by atoms with Gasteiger partial charge in [0.15, 0.2) is 0 Å². The van der Waals surface area contributed by atoms with Gasteiger partial charge in [-0.2, -0.15) is 34.8 Å². The van der Waals surface area contributed by atoms with E-state index in [0.29, 0.717) is 7.11 Å². The maximum absolute atomic E-state index is 12.6. The standard InChI is InChI=1S/C5H8F4O3S.C4H9FO.C3H3F3O2/c1-4(2,6)3-12-13(10,11)5(7,8)9;1-4(2,5)3-6;1-8-2(7)3(4,5)6/h3H2,1-2H3;6H,3H2,1-2H3;1H3. The van der Waals surface area contributed by atoms with E-state index in [1.165, 1.54) is 13.8 Å². The van der Waals surface area contributed by atoms with E-state index in [9.17, 15) is 48.3 Å². The molecule has 0 aliphatic rings. The SMILES string of the molecule is CC(C)(F)CO.CC(C)(F)COS(=O)(=O)C(F)(F)F.COC(=O)C(F)(F)F. The molecule has 1 N–H and O–H groups in total. The fourth-order valence-electron chi connectivity index (χ4n) is 0.400. The molecular formula is C12H20F8O6S. The third-order valence-electron chi connectivity index (χ3n) is 1.63. The normalized spacial score (nSPS) is 13.0. The van der Waals surface area contributed by atoms with Crippen molar-refractivity contribution < 1.29 is 62.4 Å². The molecule has 0 aliphatic carbocycles. The van der Waals surface area contributed by atoms with E-state index in [1.807, 2.05) is 0 Å². The molecule has 0 saturated heterocycles. The molecule has 15 heteroatoms. The molecule has 0 radical (unpaired) electrons. The summed E-state index contributed by atoms with van der Waals surface area (Å²) in [5.41, 5.74) is -9.03. The summed E-state index contributed by atoms with van der Waals surface area (Å²) < 4.78 is 119. The quantitative estimate of drug-likeness (QED) is 0.310. The highest BCUT2D eigenvalue weighted by Gasteiger charge is 2.48. The van der Waals surface area contributed by atoms with E-state index in [4.69, 9.17) is 5.11 Å². The van der Waals surface area contributed by atoms with Gasteiger partial charge in [-0.05, 0) is 27.7 Å². The van der Waals surface area contributed by atoms with Crippen molar-refractivity contribution in [2.75, 3.05) is 20.3 Å². The van der Waals surface area contributed by atoms with Crippen LogP contribution < -0.4 is 0 Å². The van der Waals surface area contributed by atoms with E-state index >= 15 is 0 Å². The predicted molar refractivity (Wildman–Crippen MR) is 76.5 cm³/mol. The Bertz CT molecular complexity index is 528. The third-order valence-corrected chi connectivity index (χ3v) is 2.63. The van der Waals surface area contributed by atoms with Gasteiger partial charge in [0.25, 0.3) is 0 Å². The Hall–Kier alpha value is -1.22. The summed E-state index contributed by atoms with van der Waals surface area (Å²) in [7, 11) is -4.99. The first-order valence-electron chi connectivity index (χ1n) is 6.59. The monoisotopic (exact) mass is 444 g/mol. The molecule has 0 aromatic carbocycles. The molecule has 6 nitrogen and oxygen atoms in total. The molecular weight excluding hydrogens is 424 g/mol. The van der Waals surface area contributed by atoms with Gasteiger partial charge < -0.3 is 9.84 Å². The number of ether oxygens (including phenoxy) is 1. The number of methoxy groups -OCH3 is 1. The van der Waals surface area contributed by atoms with E-state index in [1.54, 1.807) is 0 Å². The van der Waals surface area contributed by atoms with Crippen molar-refractivity contribution in [1.82, 2.24) is 0 Å². The summed E-state index contributed by atoms with van der Waals surface area (Å²) in [6.45, 7) is 2.90. The molecule has 0 amide bonds. The molecule has 0 atom stereocenters. The van der Waals surface area contributed by atoms with Crippen molar-refractivity contribution in [3.05, 3.63) is 0 Å². The van der Waals surface area contributed by atoms with Crippen molar-refractivity contribution in [1.29, 1.82) is 0 Å². The summed E-state index contributed by atoms with van der Waals surface area (Å²) in [6, 6.07) is 0. The molecule has 0 fully saturated rings. The molecule has 0 aromatic heterocycles. The lowest BCUT2D eigenvalue weighted by molar-refractivity contribution is -0.196. The van der Waals surface area contributed by atoms with Crippen molar-refractivity contribution in [2.24, 2.45) is 0 Å². The number of hydrogen-bond donors (Lipinski definition) is 1. The van der Waals surface area contributed by atoms with Crippen LogP contribution in [0.15, 0.2) is 0 Å². The summed E-state index contributed by atoms with van der Waals surface area (Å²) in [4.78, 5) is 9.49. The van der Waals surface area contributed by atoms with Gasteiger partial charge in [-0.25, -0.2) is 13.6 Å². The molecule has 166 valence electrons. The lowest BCUT2D eigenvalue weighted by Crippen LogP contribution is -2.31.